The fraction of sp³-hybridized carbons (Fsp3) is 0.600. The van der Waals surface area contributed by atoms with Gasteiger partial charge in [0, 0.05) is 19.6 Å². The summed E-state index contributed by atoms with van der Waals surface area (Å²) in [5, 5.41) is 14.0. The van der Waals surface area contributed by atoms with Crippen LogP contribution in [0, 0.1) is 10.1 Å². The van der Waals surface area contributed by atoms with Crippen LogP contribution in [0.25, 0.3) is 0 Å². The number of aromatic nitrogens is 2. The summed E-state index contributed by atoms with van der Waals surface area (Å²) in [6, 6.07) is 0. The van der Waals surface area contributed by atoms with E-state index in [0.717, 1.165) is 0 Å². The van der Waals surface area contributed by atoms with Crippen LogP contribution in [0.2, 0.25) is 0 Å². The van der Waals surface area contributed by atoms with E-state index < -0.39 is 14.8 Å². The highest BCUT2D eigenvalue weighted by Crippen LogP contribution is 2.32. The van der Waals surface area contributed by atoms with Crippen molar-refractivity contribution in [2.75, 3.05) is 41.4 Å². The highest BCUT2D eigenvalue weighted by Gasteiger charge is 2.30. The molecule has 1 aliphatic rings. The fourth-order valence-corrected chi connectivity index (χ4v) is 3.19. The second-order valence-electron chi connectivity index (χ2n) is 4.32. The van der Waals surface area contributed by atoms with Crippen LogP contribution in [-0.2, 0) is 9.84 Å². The minimum atomic E-state index is -3.05. The maximum absolute atomic E-state index is 11.4. The van der Waals surface area contributed by atoms with Crippen LogP contribution in [-0.4, -0.2) is 54.4 Å². The number of hydrogen-bond acceptors (Lipinski definition) is 8. The molecule has 1 aliphatic heterocycles. The quantitative estimate of drug-likeness (QED) is 0.612. The minimum Gasteiger partial charge on any atom is -0.364 e. The van der Waals surface area contributed by atoms with Crippen molar-refractivity contribution in [3.8, 4) is 0 Å². The van der Waals surface area contributed by atoms with Crippen LogP contribution >= 0.6 is 0 Å². The van der Waals surface area contributed by atoms with Crippen molar-refractivity contribution in [2.45, 2.75) is 6.92 Å². The summed E-state index contributed by atoms with van der Waals surface area (Å²) in [5.41, 5.74) is -0.214. The Bertz CT molecular complexity index is 604. The molecule has 0 bridgehead atoms. The molecule has 1 aromatic heterocycles. The maximum Gasteiger partial charge on any atom is 0.353 e. The van der Waals surface area contributed by atoms with Crippen molar-refractivity contribution >= 4 is 27.2 Å². The summed E-state index contributed by atoms with van der Waals surface area (Å²) in [6.45, 7) is 2.70. The lowest BCUT2D eigenvalue weighted by Crippen LogP contribution is -2.41. The third-order valence-electron chi connectivity index (χ3n) is 2.97. The van der Waals surface area contributed by atoms with E-state index in [1.54, 1.807) is 11.8 Å². The molecule has 110 valence electrons. The molecule has 0 unspecified atom stereocenters. The smallest absolute Gasteiger partial charge is 0.353 e. The largest absolute Gasteiger partial charge is 0.364 e. The number of nitrogens with one attached hydrogen (secondary N) is 1. The minimum absolute atomic E-state index is 0.0231. The normalized spacial score (nSPS) is 17.8. The lowest BCUT2D eigenvalue weighted by molar-refractivity contribution is -0.383. The molecular formula is C10H15N5O4S. The van der Waals surface area contributed by atoms with Crippen LogP contribution < -0.4 is 10.2 Å². The Balaban J connectivity index is 2.36. The third kappa shape index (κ3) is 2.95. The zero-order valence-electron chi connectivity index (χ0n) is 10.9. The first-order valence-electron chi connectivity index (χ1n) is 6.13. The van der Waals surface area contributed by atoms with Crippen LogP contribution in [0.15, 0.2) is 6.33 Å². The zero-order valence-corrected chi connectivity index (χ0v) is 11.8. The van der Waals surface area contributed by atoms with E-state index in [1.165, 1.54) is 6.33 Å². The molecule has 1 N–H and O–H groups in total. The molecular weight excluding hydrogens is 286 g/mol. The Morgan fingerprint density at radius 2 is 2.05 bits per heavy atom. The zero-order chi connectivity index (χ0) is 14.8. The van der Waals surface area contributed by atoms with E-state index in [1.807, 2.05) is 0 Å². The maximum atomic E-state index is 11.4. The van der Waals surface area contributed by atoms with Crippen molar-refractivity contribution in [1.29, 1.82) is 0 Å². The molecule has 0 aromatic carbocycles. The van der Waals surface area contributed by atoms with Gasteiger partial charge in [-0.1, -0.05) is 0 Å². The highest BCUT2D eigenvalue weighted by molar-refractivity contribution is 7.91. The van der Waals surface area contributed by atoms with Crippen molar-refractivity contribution in [2.24, 2.45) is 0 Å². The van der Waals surface area contributed by atoms with E-state index >= 15 is 0 Å². The van der Waals surface area contributed by atoms with Gasteiger partial charge in [-0.2, -0.15) is 0 Å². The van der Waals surface area contributed by atoms with Gasteiger partial charge in [0.25, 0.3) is 0 Å². The van der Waals surface area contributed by atoms with Gasteiger partial charge >= 0.3 is 5.69 Å². The summed E-state index contributed by atoms with van der Waals surface area (Å²) >= 11 is 0. The number of rotatable bonds is 4. The lowest BCUT2D eigenvalue weighted by atomic mass is 10.3. The van der Waals surface area contributed by atoms with Crippen LogP contribution in [0.1, 0.15) is 6.92 Å². The fourth-order valence-electron chi connectivity index (χ4n) is 1.99. The molecule has 0 aliphatic carbocycles. The molecule has 0 saturated carbocycles. The molecule has 9 nitrogen and oxygen atoms in total. The molecule has 20 heavy (non-hydrogen) atoms. The highest BCUT2D eigenvalue weighted by atomic mass is 32.2. The van der Waals surface area contributed by atoms with Crippen LogP contribution in [0.4, 0.5) is 17.3 Å². The Hall–Kier alpha value is -1.97. The Morgan fingerprint density at radius 1 is 1.40 bits per heavy atom. The summed E-state index contributed by atoms with van der Waals surface area (Å²) in [4.78, 5) is 20.1. The summed E-state index contributed by atoms with van der Waals surface area (Å²) < 4.78 is 22.8. The van der Waals surface area contributed by atoms with Crippen molar-refractivity contribution < 1.29 is 13.3 Å². The summed E-state index contributed by atoms with van der Waals surface area (Å²) in [5.74, 6) is 0.266. The van der Waals surface area contributed by atoms with Gasteiger partial charge in [0.05, 0.1) is 16.4 Å². The molecule has 0 radical (unpaired) electrons. The number of anilines is 2. The number of nitro groups is 1. The van der Waals surface area contributed by atoms with Gasteiger partial charge in [0.2, 0.25) is 11.6 Å². The molecule has 10 heteroatoms. The topological polar surface area (TPSA) is 118 Å². The molecule has 2 rings (SSSR count). The van der Waals surface area contributed by atoms with E-state index in [-0.39, 0.29) is 41.9 Å². The van der Waals surface area contributed by atoms with Gasteiger partial charge in [-0.25, -0.2) is 18.4 Å². The molecule has 0 amide bonds. The summed E-state index contributed by atoms with van der Waals surface area (Å²) in [6.07, 6.45) is 1.24. The molecule has 0 atom stereocenters. The van der Waals surface area contributed by atoms with E-state index in [4.69, 9.17) is 0 Å². The molecule has 1 saturated heterocycles. The van der Waals surface area contributed by atoms with Crippen molar-refractivity contribution in [3.05, 3.63) is 16.4 Å². The van der Waals surface area contributed by atoms with Crippen molar-refractivity contribution in [1.82, 2.24) is 9.97 Å². The second kappa shape index (κ2) is 5.57. The van der Waals surface area contributed by atoms with Crippen LogP contribution in [0.3, 0.4) is 0 Å². The average molecular weight is 301 g/mol. The van der Waals surface area contributed by atoms with Crippen LogP contribution in [0.5, 0.6) is 0 Å². The van der Waals surface area contributed by atoms with E-state index in [2.05, 4.69) is 15.3 Å². The third-order valence-corrected chi connectivity index (χ3v) is 4.58. The predicted molar refractivity (Wildman–Crippen MR) is 73.7 cm³/mol. The van der Waals surface area contributed by atoms with Gasteiger partial charge in [0.15, 0.2) is 9.84 Å². The number of nitrogens with zero attached hydrogens (tertiary/aromatic N) is 4. The number of hydrogen-bond donors (Lipinski definition) is 1. The Morgan fingerprint density at radius 3 is 2.60 bits per heavy atom. The first-order valence-corrected chi connectivity index (χ1v) is 7.95. The first-order chi connectivity index (χ1) is 9.44. The summed E-state index contributed by atoms with van der Waals surface area (Å²) in [7, 11) is -3.05. The standard InChI is InChI=1S/C10H15N5O4S/c1-2-11-9-8(15(16)17)10(13-7-12-9)14-3-5-20(18,19)6-4-14/h7H,2-6H2,1H3,(H,11,12,13). The average Bonchev–Trinajstić information content (AvgIpc) is 2.38. The van der Waals surface area contributed by atoms with Gasteiger partial charge in [-0.3, -0.25) is 10.1 Å². The van der Waals surface area contributed by atoms with Gasteiger partial charge < -0.3 is 10.2 Å². The molecule has 1 aromatic rings. The number of sulfone groups is 1. The van der Waals surface area contributed by atoms with E-state index in [0.29, 0.717) is 6.54 Å². The molecule has 0 spiro atoms. The van der Waals surface area contributed by atoms with Gasteiger partial charge in [-0.05, 0) is 6.92 Å². The van der Waals surface area contributed by atoms with Crippen molar-refractivity contribution in [3.63, 3.8) is 0 Å². The monoisotopic (exact) mass is 301 g/mol. The predicted octanol–water partition coefficient (Wildman–Crippen LogP) is 0.0514. The Kier molecular flexibility index (Phi) is 4.02. The second-order valence-corrected chi connectivity index (χ2v) is 6.62. The Labute approximate surface area is 116 Å². The van der Waals surface area contributed by atoms with Gasteiger partial charge in [0.1, 0.15) is 6.33 Å². The van der Waals surface area contributed by atoms with E-state index in [9.17, 15) is 18.5 Å². The lowest BCUT2D eigenvalue weighted by Gasteiger charge is -2.27. The SMILES string of the molecule is CCNc1ncnc(N2CCS(=O)(=O)CC2)c1[N+](=O)[O-]. The van der Waals surface area contributed by atoms with Gasteiger partial charge in [-0.15, -0.1) is 0 Å². The molecule has 2 heterocycles. The molecule has 1 fully saturated rings. The first kappa shape index (κ1) is 14.4.